The highest BCUT2D eigenvalue weighted by molar-refractivity contribution is 5.83. The van der Waals surface area contributed by atoms with Crippen molar-refractivity contribution in [1.82, 2.24) is 0 Å². The van der Waals surface area contributed by atoms with Crippen molar-refractivity contribution in [2.24, 2.45) is 5.73 Å². The first kappa shape index (κ1) is 15.0. The molecule has 0 saturated carbocycles. The smallest absolute Gasteiger partial charge is 0.0781 e. The second-order valence-electron chi connectivity index (χ2n) is 5.02. The minimum absolute atomic E-state index is 0.0708. The summed E-state index contributed by atoms with van der Waals surface area (Å²) in [6.45, 7) is 5.81. The lowest BCUT2D eigenvalue weighted by Gasteiger charge is -2.17. The molecule has 3 heteroatoms. The van der Waals surface area contributed by atoms with Crippen LogP contribution in [0.2, 0.25) is 0 Å². The largest absolute Gasteiger partial charge is 0.379 e. The van der Waals surface area contributed by atoms with E-state index in [1.165, 1.54) is 10.8 Å². The fraction of sp³-hybridized carbons (Fsp3) is 0.412. The van der Waals surface area contributed by atoms with Gasteiger partial charge in [0.25, 0.3) is 0 Å². The molecule has 3 nitrogen and oxygen atoms in total. The topological polar surface area (TPSA) is 44.5 Å². The van der Waals surface area contributed by atoms with Crippen molar-refractivity contribution < 1.29 is 9.47 Å². The maximum absolute atomic E-state index is 6.20. The summed E-state index contributed by atoms with van der Waals surface area (Å²) >= 11 is 0. The zero-order chi connectivity index (χ0) is 14.4. The van der Waals surface area contributed by atoms with Crippen molar-refractivity contribution in [3.05, 3.63) is 48.0 Å². The van der Waals surface area contributed by atoms with Gasteiger partial charge in [0, 0.05) is 6.61 Å². The van der Waals surface area contributed by atoms with Crippen LogP contribution in [0, 0.1) is 0 Å². The first-order valence-corrected chi connectivity index (χ1v) is 7.14. The van der Waals surface area contributed by atoms with Crippen LogP contribution in [0.3, 0.4) is 0 Å². The summed E-state index contributed by atoms with van der Waals surface area (Å²) in [6, 6.07) is 14.5. The second kappa shape index (κ2) is 7.39. The molecule has 0 aliphatic carbocycles. The van der Waals surface area contributed by atoms with Crippen molar-refractivity contribution in [3.8, 4) is 0 Å². The predicted molar refractivity (Wildman–Crippen MR) is 82.8 cm³/mol. The number of hydrogen-bond donors (Lipinski definition) is 1. The van der Waals surface area contributed by atoms with Crippen molar-refractivity contribution >= 4 is 10.8 Å². The molecule has 0 aliphatic heterocycles. The van der Waals surface area contributed by atoms with Gasteiger partial charge in [0.05, 0.1) is 25.4 Å². The van der Waals surface area contributed by atoms with E-state index in [9.17, 15) is 0 Å². The summed E-state index contributed by atoms with van der Waals surface area (Å²) in [5.74, 6) is 0. The van der Waals surface area contributed by atoms with E-state index in [4.69, 9.17) is 15.2 Å². The summed E-state index contributed by atoms with van der Waals surface area (Å²) in [5.41, 5.74) is 7.30. The monoisotopic (exact) mass is 273 g/mol. The number of fused-ring (bicyclic) bond motifs is 1. The van der Waals surface area contributed by atoms with Gasteiger partial charge in [-0.2, -0.15) is 0 Å². The van der Waals surface area contributed by atoms with Crippen LogP contribution in [0.25, 0.3) is 10.8 Å². The fourth-order valence-corrected chi connectivity index (χ4v) is 2.13. The highest BCUT2D eigenvalue weighted by Gasteiger charge is 2.09. The van der Waals surface area contributed by atoms with Crippen molar-refractivity contribution in [1.29, 1.82) is 0 Å². The molecule has 0 aromatic heterocycles. The van der Waals surface area contributed by atoms with Gasteiger partial charge in [-0.1, -0.05) is 36.4 Å². The van der Waals surface area contributed by atoms with E-state index >= 15 is 0 Å². The molecule has 2 rings (SSSR count). The van der Waals surface area contributed by atoms with Crippen LogP contribution in [0.1, 0.15) is 25.5 Å². The lowest BCUT2D eigenvalue weighted by Crippen LogP contribution is -2.23. The van der Waals surface area contributed by atoms with Gasteiger partial charge in [-0.05, 0) is 36.2 Å². The van der Waals surface area contributed by atoms with E-state index in [2.05, 4.69) is 30.3 Å². The van der Waals surface area contributed by atoms with Gasteiger partial charge < -0.3 is 15.2 Å². The van der Waals surface area contributed by atoms with Crippen LogP contribution in [0.5, 0.6) is 0 Å². The average Bonchev–Trinajstić information content (AvgIpc) is 2.50. The molecule has 2 unspecified atom stereocenters. The molecule has 0 radical (unpaired) electrons. The molecule has 0 aliphatic rings. The number of benzene rings is 2. The Balaban J connectivity index is 1.95. The molecule has 2 atom stereocenters. The highest BCUT2D eigenvalue weighted by Crippen LogP contribution is 2.19. The molecule has 0 heterocycles. The van der Waals surface area contributed by atoms with Crippen molar-refractivity contribution in [2.45, 2.75) is 26.0 Å². The Kier molecular flexibility index (Phi) is 5.53. The van der Waals surface area contributed by atoms with Crippen LogP contribution in [-0.2, 0) is 9.47 Å². The van der Waals surface area contributed by atoms with Crippen molar-refractivity contribution in [3.63, 3.8) is 0 Å². The minimum atomic E-state index is -0.108. The van der Waals surface area contributed by atoms with Crippen LogP contribution in [0.15, 0.2) is 42.5 Å². The molecule has 2 N–H and O–H groups in total. The predicted octanol–water partition coefficient (Wildman–Crippen LogP) is 3.28. The minimum Gasteiger partial charge on any atom is -0.379 e. The van der Waals surface area contributed by atoms with Gasteiger partial charge in [0.2, 0.25) is 0 Å². The van der Waals surface area contributed by atoms with Crippen LogP contribution in [0.4, 0.5) is 0 Å². The molecular weight excluding hydrogens is 250 g/mol. The maximum atomic E-state index is 6.20. The zero-order valence-electron chi connectivity index (χ0n) is 12.2. The van der Waals surface area contributed by atoms with Crippen molar-refractivity contribution in [2.75, 3.05) is 19.8 Å². The molecule has 0 spiro atoms. The maximum Gasteiger partial charge on any atom is 0.0781 e. The Morgan fingerprint density at radius 1 is 1.05 bits per heavy atom. The van der Waals surface area contributed by atoms with Gasteiger partial charge in [0.15, 0.2) is 0 Å². The molecule has 0 fully saturated rings. The SMILES string of the molecule is CCOCC(C)OCC(N)c1ccc2ccccc2c1. The summed E-state index contributed by atoms with van der Waals surface area (Å²) in [7, 11) is 0. The third kappa shape index (κ3) is 4.04. The molecular formula is C17H23NO2. The number of ether oxygens (including phenoxy) is 2. The Morgan fingerprint density at radius 3 is 2.55 bits per heavy atom. The summed E-state index contributed by atoms with van der Waals surface area (Å²) in [4.78, 5) is 0. The second-order valence-corrected chi connectivity index (χ2v) is 5.02. The molecule has 0 saturated heterocycles. The Labute approximate surface area is 120 Å². The van der Waals surface area contributed by atoms with Gasteiger partial charge >= 0.3 is 0 Å². The third-order valence-electron chi connectivity index (χ3n) is 3.32. The molecule has 2 aromatic carbocycles. The van der Waals surface area contributed by atoms with Gasteiger partial charge in [-0.15, -0.1) is 0 Å². The van der Waals surface area contributed by atoms with Crippen LogP contribution < -0.4 is 5.73 Å². The summed E-state index contributed by atoms with van der Waals surface area (Å²) < 4.78 is 11.0. The third-order valence-corrected chi connectivity index (χ3v) is 3.32. The van der Waals surface area contributed by atoms with E-state index < -0.39 is 0 Å². The fourth-order valence-electron chi connectivity index (χ4n) is 2.13. The van der Waals surface area contributed by atoms with Crippen LogP contribution >= 0.6 is 0 Å². The molecule has 0 amide bonds. The molecule has 108 valence electrons. The number of rotatable bonds is 7. The summed E-state index contributed by atoms with van der Waals surface area (Å²) in [5, 5.41) is 2.44. The van der Waals surface area contributed by atoms with E-state index in [1.807, 2.05) is 26.0 Å². The quantitative estimate of drug-likeness (QED) is 0.842. The molecule has 20 heavy (non-hydrogen) atoms. The van der Waals surface area contributed by atoms with Gasteiger partial charge in [-0.25, -0.2) is 0 Å². The lowest BCUT2D eigenvalue weighted by molar-refractivity contribution is -0.00834. The van der Waals surface area contributed by atoms with E-state index in [-0.39, 0.29) is 12.1 Å². The zero-order valence-corrected chi connectivity index (χ0v) is 12.2. The van der Waals surface area contributed by atoms with Crippen LogP contribution in [-0.4, -0.2) is 25.9 Å². The van der Waals surface area contributed by atoms with E-state index in [0.717, 1.165) is 5.56 Å². The van der Waals surface area contributed by atoms with Gasteiger partial charge in [-0.3, -0.25) is 0 Å². The number of nitrogens with two attached hydrogens (primary N) is 1. The summed E-state index contributed by atoms with van der Waals surface area (Å²) in [6.07, 6.45) is 0.0708. The standard InChI is InChI=1S/C17H23NO2/c1-3-19-11-13(2)20-12-17(18)16-9-8-14-6-4-5-7-15(14)10-16/h4-10,13,17H,3,11-12,18H2,1-2H3. The molecule has 2 aromatic rings. The lowest BCUT2D eigenvalue weighted by atomic mass is 10.0. The Morgan fingerprint density at radius 2 is 1.80 bits per heavy atom. The van der Waals surface area contributed by atoms with E-state index in [0.29, 0.717) is 19.8 Å². The van der Waals surface area contributed by atoms with E-state index in [1.54, 1.807) is 0 Å². The first-order valence-electron chi connectivity index (χ1n) is 7.14. The average molecular weight is 273 g/mol. The normalized spacial score (nSPS) is 14.3. The Hall–Kier alpha value is -1.42. The first-order chi connectivity index (χ1) is 9.70. The highest BCUT2D eigenvalue weighted by atomic mass is 16.5. The Bertz CT molecular complexity index is 541. The number of hydrogen-bond acceptors (Lipinski definition) is 3. The molecule has 0 bridgehead atoms. The van der Waals surface area contributed by atoms with Gasteiger partial charge in [0.1, 0.15) is 0 Å².